The Hall–Kier alpha value is -18.8. The van der Waals surface area contributed by atoms with Gasteiger partial charge in [0.25, 0.3) is 0 Å². The number of rotatable bonds is 11. The highest BCUT2D eigenvalue weighted by Crippen LogP contribution is 2.49. The largest absolute Gasteiger partial charge is 0.456 e. The van der Waals surface area contributed by atoms with Crippen LogP contribution in [0.4, 0.5) is 0 Å². The van der Waals surface area contributed by atoms with Gasteiger partial charge in [-0.2, -0.15) is 0 Å². The topological polar surface area (TPSA) is 123 Å². The molecule has 0 saturated heterocycles. The minimum atomic E-state index is 0.567. The molecule has 0 saturated carbocycles. The minimum Gasteiger partial charge on any atom is -0.456 e. The number of furan rings is 2. The molecule has 0 spiro atoms. The molecule has 0 fully saturated rings. The third kappa shape index (κ3) is 11.4. The molecule has 0 bridgehead atoms. The van der Waals surface area contributed by atoms with Crippen LogP contribution in [0, 0.1) is 0 Å². The lowest BCUT2D eigenvalue weighted by Crippen LogP contribution is -2.00. The molecule has 22 aromatic carbocycles. The molecule has 0 aliphatic rings. The van der Waals surface area contributed by atoms with E-state index in [9.17, 15) is 0 Å². The third-order valence-corrected chi connectivity index (χ3v) is 28.8. The van der Waals surface area contributed by atoms with Gasteiger partial charge in [-0.3, -0.25) is 0 Å². The van der Waals surface area contributed by atoms with Crippen molar-refractivity contribution in [2.45, 2.75) is 0 Å². The molecular weight excluding hydrogens is 1690 g/mol. The number of para-hydroxylation sites is 6. The Balaban J connectivity index is 0.500. The molecule has 138 heavy (non-hydrogen) atoms. The molecule has 8 heterocycles. The Morgan fingerprint density at radius 3 is 0.855 bits per heavy atom. The van der Waals surface area contributed by atoms with Gasteiger partial charge in [-0.1, -0.05) is 309 Å². The van der Waals surface area contributed by atoms with E-state index in [1.165, 1.54) is 48.5 Å². The minimum absolute atomic E-state index is 0.567. The summed E-state index contributed by atoms with van der Waals surface area (Å²) in [5, 5.41) is 27.4. The van der Waals surface area contributed by atoms with Crippen molar-refractivity contribution in [2.75, 3.05) is 0 Å². The van der Waals surface area contributed by atoms with Crippen molar-refractivity contribution < 1.29 is 8.83 Å². The summed E-state index contributed by atoms with van der Waals surface area (Å²) in [6.07, 6.45) is 0. The molecular formula is C126H72N10O2. The fourth-order valence-electron chi connectivity index (χ4n) is 22.5. The summed E-state index contributed by atoms with van der Waals surface area (Å²) in [5.41, 5.74) is 24.1. The van der Waals surface area contributed by atoms with Crippen LogP contribution in [0.5, 0.6) is 0 Å². The molecule has 0 unspecified atom stereocenters. The summed E-state index contributed by atoms with van der Waals surface area (Å²) in [5.74, 6) is 3.62. The van der Waals surface area contributed by atoms with Crippen molar-refractivity contribution in [1.29, 1.82) is 0 Å². The molecule has 30 aromatic rings. The lowest BCUT2D eigenvalue weighted by molar-refractivity contribution is 0.669. The molecule has 12 nitrogen and oxygen atoms in total. The van der Waals surface area contributed by atoms with E-state index in [0.717, 1.165) is 215 Å². The first-order valence-corrected chi connectivity index (χ1v) is 46.8. The standard InChI is InChI=1S/C126H72N10O2/c1-4-25-74(26-5-1)121-127-122(75-27-6-2-7-28-75)130-125(129-121)78-52-58-90-92-60-54-80(65-101(92)88-34-13-12-33-87(88)99(90)63-78)133-109-42-19-14-35-93(109)103-68-83(56-61-113(103)133)136-112-45-22-17-38-96(112)106-72-119-108(70-116(106)136)98-41-24-40-84(120(98)138-119)73-47-49-77(50-48-73)124-128-123(76-29-8-3-9-30-76)131-126(132-124)79-51-57-89-85-31-10-11-32-86(85)91-59-53-81(66-102(91)100(89)64-79)134-110-43-20-15-36-94(110)104-67-82(55-62-114(104)134)135-111-44-21-16-37-95(111)105-71-118-107(69-115(105)135)97-39-18-23-46-117(97)137-118/h1-72H. The summed E-state index contributed by atoms with van der Waals surface area (Å²) in [6.45, 7) is 0. The molecule has 12 heteroatoms. The molecule has 0 atom stereocenters. The summed E-state index contributed by atoms with van der Waals surface area (Å²) in [7, 11) is 0. The van der Waals surface area contributed by atoms with Gasteiger partial charge in [-0.15, -0.1) is 0 Å². The monoisotopic (exact) mass is 1760 g/mol. The van der Waals surface area contributed by atoms with Gasteiger partial charge >= 0.3 is 0 Å². The van der Waals surface area contributed by atoms with Gasteiger partial charge in [0, 0.05) is 126 Å². The first-order chi connectivity index (χ1) is 68.4. The lowest BCUT2D eigenvalue weighted by atomic mass is 9.93. The summed E-state index contributed by atoms with van der Waals surface area (Å²) >= 11 is 0. The summed E-state index contributed by atoms with van der Waals surface area (Å²) < 4.78 is 23.4. The zero-order chi connectivity index (χ0) is 90.1. The number of nitrogens with zero attached hydrogens (tertiary/aromatic N) is 10. The second-order valence-electron chi connectivity index (χ2n) is 36.3. The Labute approximate surface area is 786 Å². The lowest BCUT2D eigenvalue weighted by Gasteiger charge is -2.15. The molecule has 0 amide bonds. The number of hydrogen-bond acceptors (Lipinski definition) is 8. The maximum absolute atomic E-state index is 7.17. The number of benzene rings is 22. The molecule has 0 radical (unpaired) electrons. The Morgan fingerprint density at radius 1 is 0.138 bits per heavy atom. The van der Waals surface area contributed by atoms with E-state index in [2.05, 4.69) is 394 Å². The van der Waals surface area contributed by atoms with Crippen molar-refractivity contribution in [1.82, 2.24) is 48.2 Å². The van der Waals surface area contributed by atoms with Gasteiger partial charge in [0.15, 0.2) is 34.9 Å². The highest BCUT2D eigenvalue weighted by Gasteiger charge is 2.27. The fourth-order valence-corrected chi connectivity index (χ4v) is 22.5. The van der Waals surface area contributed by atoms with E-state index in [1.807, 2.05) is 60.7 Å². The van der Waals surface area contributed by atoms with Gasteiger partial charge in [0.2, 0.25) is 0 Å². The van der Waals surface area contributed by atoms with E-state index in [-0.39, 0.29) is 0 Å². The van der Waals surface area contributed by atoms with Crippen LogP contribution in [-0.4, -0.2) is 48.2 Å². The SMILES string of the molecule is c1ccc(-c2nc(-c3ccccc3)nc(-c3ccc4c5ccc(-n6c7ccccc7c7cc(-n8c9ccccc9c9cc%10oc%11c(-c%12ccc(-c%13nc(-c%14ccccc%14)nc(-c%14ccc%15c%16ccccc%16c%16ccc(-n%17c%18ccccc%18c%18cc(-n%19c%20ccccc%20c%20cc%21oc%22ccccc%22c%21cc%20%19)ccc%18%17)cc%16c%15c%14)n%13)cc%12)cccc%11c%10cc98)ccc76)cc5c5ccccc5c4c3)n2)cc1. The average Bonchev–Trinajstić information content (AvgIpc) is 1.50. The Kier molecular flexibility index (Phi) is 16.1. The normalized spacial score (nSPS) is 12.2. The average molecular weight is 1760 g/mol. The van der Waals surface area contributed by atoms with E-state index in [4.69, 9.17) is 38.7 Å². The van der Waals surface area contributed by atoms with Crippen LogP contribution in [0.25, 0.3) is 298 Å². The zero-order valence-corrected chi connectivity index (χ0v) is 73.9. The molecule has 0 aliphatic heterocycles. The highest BCUT2D eigenvalue weighted by molar-refractivity contribution is 6.29. The second-order valence-corrected chi connectivity index (χ2v) is 36.3. The van der Waals surface area contributed by atoms with Crippen LogP contribution in [0.2, 0.25) is 0 Å². The molecule has 638 valence electrons. The molecule has 0 aliphatic carbocycles. The van der Waals surface area contributed by atoms with Gasteiger partial charge < -0.3 is 27.1 Å². The van der Waals surface area contributed by atoms with Crippen LogP contribution in [0.1, 0.15) is 0 Å². The van der Waals surface area contributed by atoms with E-state index in [0.29, 0.717) is 34.9 Å². The fraction of sp³-hybridized carbons (Fsp3) is 0. The second kappa shape index (κ2) is 29.4. The third-order valence-electron chi connectivity index (χ3n) is 28.8. The van der Waals surface area contributed by atoms with Gasteiger partial charge in [-0.05, 0) is 198 Å². The van der Waals surface area contributed by atoms with Gasteiger partial charge in [0.1, 0.15) is 22.3 Å². The predicted octanol–water partition coefficient (Wildman–Crippen LogP) is 32.8. The van der Waals surface area contributed by atoms with Crippen molar-refractivity contribution in [3.63, 3.8) is 0 Å². The van der Waals surface area contributed by atoms with E-state index in [1.54, 1.807) is 0 Å². The van der Waals surface area contributed by atoms with Crippen molar-refractivity contribution in [3.8, 4) is 102 Å². The summed E-state index contributed by atoms with van der Waals surface area (Å²) in [4.78, 5) is 31.4. The first kappa shape index (κ1) is 75.8. The Morgan fingerprint density at radius 2 is 0.413 bits per heavy atom. The van der Waals surface area contributed by atoms with Crippen LogP contribution in [-0.2, 0) is 0 Å². The predicted molar refractivity (Wildman–Crippen MR) is 568 cm³/mol. The number of fused-ring (bicyclic) bond motifs is 30. The van der Waals surface area contributed by atoms with Crippen LogP contribution < -0.4 is 0 Å². The molecule has 30 rings (SSSR count). The maximum atomic E-state index is 7.17. The van der Waals surface area contributed by atoms with Crippen molar-refractivity contribution in [2.24, 2.45) is 0 Å². The van der Waals surface area contributed by atoms with Gasteiger partial charge in [-0.25, -0.2) is 29.9 Å². The molecule has 0 N–H and O–H groups in total. The van der Waals surface area contributed by atoms with Crippen molar-refractivity contribution >= 4 is 196 Å². The maximum Gasteiger partial charge on any atom is 0.164 e. The zero-order valence-electron chi connectivity index (χ0n) is 73.9. The molecule has 8 aromatic heterocycles. The quantitative estimate of drug-likeness (QED) is 0.117. The smallest absolute Gasteiger partial charge is 0.164 e. The van der Waals surface area contributed by atoms with Gasteiger partial charge in [0.05, 0.1) is 44.1 Å². The summed E-state index contributed by atoms with van der Waals surface area (Å²) in [6, 6.07) is 157. The van der Waals surface area contributed by atoms with E-state index >= 15 is 0 Å². The number of aromatic nitrogens is 10. The highest BCUT2D eigenvalue weighted by atomic mass is 16.3. The van der Waals surface area contributed by atoms with Crippen molar-refractivity contribution in [3.05, 3.63) is 437 Å². The van der Waals surface area contributed by atoms with Crippen LogP contribution in [0.15, 0.2) is 446 Å². The number of hydrogen-bond donors (Lipinski definition) is 0. The van der Waals surface area contributed by atoms with E-state index < -0.39 is 0 Å². The van der Waals surface area contributed by atoms with Crippen LogP contribution in [0.3, 0.4) is 0 Å². The first-order valence-electron chi connectivity index (χ1n) is 46.8. The van der Waals surface area contributed by atoms with Crippen LogP contribution >= 0.6 is 0 Å². The Bertz CT molecular complexity index is 10400.